The van der Waals surface area contributed by atoms with E-state index in [2.05, 4.69) is 46.8 Å². The van der Waals surface area contributed by atoms with Crippen LogP contribution in [-0.2, 0) is 7.05 Å². The lowest BCUT2D eigenvalue weighted by Crippen LogP contribution is -1.93. The first kappa shape index (κ1) is 13.2. The van der Waals surface area contributed by atoms with Gasteiger partial charge in [-0.1, -0.05) is 35.9 Å². The van der Waals surface area contributed by atoms with Crippen LogP contribution in [0.2, 0.25) is 5.02 Å². The van der Waals surface area contributed by atoms with Crippen LogP contribution in [0.5, 0.6) is 0 Å². The van der Waals surface area contributed by atoms with Gasteiger partial charge in [-0.2, -0.15) is 5.10 Å². The summed E-state index contributed by atoms with van der Waals surface area (Å²) >= 11 is 5.93. The Morgan fingerprint density at radius 3 is 2.36 bits per heavy atom. The van der Waals surface area contributed by atoms with E-state index in [-0.39, 0.29) is 0 Å². The molecule has 0 radical (unpaired) electrons. The molecule has 0 amide bonds. The van der Waals surface area contributed by atoms with Crippen molar-refractivity contribution in [2.45, 2.75) is 0 Å². The molecule has 0 atom stereocenters. The maximum Gasteiger partial charge on any atom is 0.160 e. The van der Waals surface area contributed by atoms with Gasteiger partial charge >= 0.3 is 0 Å². The van der Waals surface area contributed by atoms with E-state index in [0.717, 1.165) is 27.4 Å². The Labute approximate surface area is 133 Å². The van der Waals surface area contributed by atoms with Gasteiger partial charge in [-0.25, -0.2) is 0 Å². The number of halogens is 1. The van der Waals surface area contributed by atoms with Crippen LogP contribution in [-0.4, -0.2) is 9.78 Å². The minimum Gasteiger partial charge on any atom is -0.338 e. The van der Waals surface area contributed by atoms with Gasteiger partial charge < -0.3 is 5.32 Å². The van der Waals surface area contributed by atoms with Crippen LogP contribution < -0.4 is 5.32 Å². The smallest absolute Gasteiger partial charge is 0.160 e. The highest BCUT2D eigenvalue weighted by molar-refractivity contribution is 6.30. The van der Waals surface area contributed by atoms with E-state index in [1.165, 1.54) is 10.8 Å². The molecule has 0 unspecified atom stereocenters. The average Bonchev–Trinajstić information content (AvgIpc) is 2.83. The van der Waals surface area contributed by atoms with Crippen molar-refractivity contribution < 1.29 is 0 Å². The normalized spacial score (nSPS) is 11.2. The molecule has 0 aliphatic rings. The summed E-state index contributed by atoms with van der Waals surface area (Å²) in [7, 11) is 1.96. The maximum atomic E-state index is 5.93. The van der Waals surface area contributed by atoms with Gasteiger partial charge in [0.05, 0.1) is 5.52 Å². The minimum absolute atomic E-state index is 0.724. The number of aromatic nitrogens is 2. The predicted octanol–water partition coefficient (Wildman–Crippen LogP) is 5.12. The SMILES string of the molecule is Cn1nc(Nc2ccc(Cl)cc2)c2cc3ccccc3cc21. The number of anilines is 2. The molecule has 22 heavy (non-hydrogen) atoms. The zero-order valence-corrected chi connectivity index (χ0v) is 12.8. The van der Waals surface area contributed by atoms with E-state index in [4.69, 9.17) is 11.6 Å². The predicted molar refractivity (Wildman–Crippen MR) is 93.0 cm³/mol. The number of hydrogen-bond donors (Lipinski definition) is 1. The molecule has 108 valence electrons. The molecule has 0 bridgehead atoms. The first-order valence-electron chi connectivity index (χ1n) is 7.09. The zero-order valence-electron chi connectivity index (χ0n) is 12.0. The van der Waals surface area contributed by atoms with Crippen molar-refractivity contribution in [2.24, 2.45) is 7.05 Å². The van der Waals surface area contributed by atoms with Crippen molar-refractivity contribution in [3.05, 3.63) is 65.7 Å². The van der Waals surface area contributed by atoms with Crippen molar-refractivity contribution in [1.29, 1.82) is 0 Å². The summed E-state index contributed by atoms with van der Waals surface area (Å²) in [5, 5.41) is 12.2. The van der Waals surface area contributed by atoms with Gasteiger partial charge in [0.25, 0.3) is 0 Å². The van der Waals surface area contributed by atoms with E-state index in [1.54, 1.807) is 0 Å². The lowest BCUT2D eigenvalue weighted by Gasteiger charge is -2.04. The summed E-state index contributed by atoms with van der Waals surface area (Å²) in [6, 6.07) is 20.3. The molecule has 0 spiro atoms. The third-order valence-corrected chi connectivity index (χ3v) is 4.08. The zero-order chi connectivity index (χ0) is 15.1. The number of fused-ring (bicyclic) bond motifs is 2. The van der Waals surface area contributed by atoms with Crippen molar-refractivity contribution in [1.82, 2.24) is 9.78 Å². The van der Waals surface area contributed by atoms with E-state index in [0.29, 0.717) is 0 Å². The fourth-order valence-electron chi connectivity index (χ4n) is 2.71. The number of benzene rings is 3. The molecule has 3 nitrogen and oxygen atoms in total. The Morgan fingerprint density at radius 1 is 0.955 bits per heavy atom. The number of aryl methyl sites for hydroxylation is 1. The maximum absolute atomic E-state index is 5.93. The summed E-state index contributed by atoms with van der Waals surface area (Å²) in [5.74, 6) is 0.852. The molecule has 4 heteroatoms. The number of hydrogen-bond acceptors (Lipinski definition) is 2. The van der Waals surface area contributed by atoms with Crippen LogP contribution in [0.15, 0.2) is 60.7 Å². The Hall–Kier alpha value is -2.52. The molecule has 4 aromatic rings. The molecule has 0 aliphatic carbocycles. The van der Waals surface area contributed by atoms with Crippen LogP contribution >= 0.6 is 11.6 Å². The van der Waals surface area contributed by atoms with E-state index in [9.17, 15) is 0 Å². The van der Waals surface area contributed by atoms with Crippen LogP contribution in [0.25, 0.3) is 21.7 Å². The molecule has 4 rings (SSSR count). The Kier molecular flexibility index (Phi) is 3.01. The highest BCUT2D eigenvalue weighted by atomic mass is 35.5. The van der Waals surface area contributed by atoms with Crippen molar-refractivity contribution >= 4 is 44.8 Å². The molecule has 1 N–H and O–H groups in total. The third-order valence-electron chi connectivity index (χ3n) is 3.82. The van der Waals surface area contributed by atoms with Gasteiger partial charge in [-0.15, -0.1) is 0 Å². The van der Waals surface area contributed by atoms with E-state index < -0.39 is 0 Å². The van der Waals surface area contributed by atoms with Crippen LogP contribution in [0.3, 0.4) is 0 Å². The monoisotopic (exact) mass is 307 g/mol. The molecule has 0 saturated carbocycles. The molecule has 0 aliphatic heterocycles. The van der Waals surface area contributed by atoms with Crippen molar-refractivity contribution in [3.63, 3.8) is 0 Å². The van der Waals surface area contributed by atoms with Gasteiger partial charge in [0.15, 0.2) is 5.82 Å². The first-order chi connectivity index (χ1) is 10.7. The Balaban J connectivity index is 1.86. The van der Waals surface area contributed by atoms with Gasteiger partial charge in [0.2, 0.25) is 0 Å². The molecule has 3 aromatic carbocycles. The summed E-state index contributed by atoms with van der Waals surface area (Å²) in [5.41, 5.74) is 2.08. The largest absolute Gasteiger partial charge is 0.338 e. The Morgan fingerprint density at radius 2 is 1.64 bits per heavy atom. The van der Waals surface area contributed by atoms with Crippen LogP contribution in [0.1, 0.15) is 0 Å². The fourth-order valence-corrected chi connectivity index (χ4v) is 2.83. The fraction of sp³-hybridized carbons (Fsp3) is 0.0556. The second kappa shape index (κ2) is 5.04. The van der Waals surface area contributed by atoms with Gasteiger partial charge in [0.1, 0.15) is 0 Å². The van der Waals surface area contributed by atoms with Crippen LogP contribution in [0.4, 0.5) is 11.5 Å². The van der Waals surface area contributed by atoms with Crippen LogP contribution in [0, 0.1) is 0 Å². The molecular formula is C18H14ClN3. The number of nitrogens with zero attached hydrogens (tertiary/aromatic N) is 2. The highest BCUT2D eigenvalue weighted by Crippen LogP contribution is 2.29. The Bertz CT molecular complexity index is 971. The van der Waals surface area contributed by atoms with Crippen molar-refractivity contribution in [3.8, 4) is 0 Å². The second-order valence-electron chi connectivity index (χ2n) is 5.32. The highest BCUT2D eigenvalue weighted by Gasteiger charge is 2.10. The topological polar surface area (TPSA) is 29.9 Å². The standard InChI is InChI=1S/C18H14ClN3/c1-22-17-11-13-5-3-2-4-12(13)10-16(17)18(21-22)20-15-8-6-14(19)7-9-15/h2-11H,1H3,(H,20,21). The summed E-state index contributed by atoms with van der Waals surface area (Å²) in [6.07, 6.45) is 0. The van der Waals surface area contributed by atoms with Gasteiger partial charge in [-0.3, -0.25) is 4.68 Å². The number of rotatable bonds is 2. The molecule has 1 aromatic heterocycles. The van der Waals surface area contributed by atoms with Gasteiger partial charge in [0, 0.05) is 23.1 Å². The quantitative estimate of drug-likeness (QED) is 0.557. The number of nitrogens with one attached hydrogen (secondary N) is 1. The lowest BCUT2D eigenvalue weighted by molar-refractivity contribution is 0.801. The molecule has 0 saturated heterocycles. The van der Waals surface area contributed by atoms with E-state index in [1.807, 2.05) is 36.0 Å². The third kappa shape index (κ3) is 2.20. The average molecular weight is 308 g/mol. The van der Waals surface area contributed by atoms with Crippen molar-refractivity contribution in [2.75, 3.05) is 5.32 Å². The lowest BCUT2D eigenvalue weighted by atomic mass is 10.1. The second-order valence-corrected chi connectivity index (χ2v) is 5.76. The van der Waals surface area contributed by atoms with Gasteiger partial charge in [-0.05, 0) is 47.2 Å². The van der Waals surface area contributed by atoms with E-state index >= 15 is 0 Å². The summed E-state index contributed by atoms with van der Waals surface area (Å²) in [6.45, 7) is 0. The summed E-state index contributed by atoms with van der Waals surface area (Å²) < 4.78 is 1.90. The molecular weight excluding hydrogens is 294 g/mol. The first-order valence-corrected chi connectivity index (χ1v) is 7.46. The molecule has 1 heterocycles. The summed E-state index contributed by atoms with van der Waals surface area (Å²) in [4.78, 5) is 0. The molecule has 0 fully saturated rings. The minimum atomic E-state index is 0.724.